The summed E-state index contributed by atoms with van der Waals surface area (Å²) in [4.78, 5) is 44.4. The van der Waals surface area contributed by atoms with Crippen LogP contribution in [-0.4, -0.2) is 62.4 Å². The molecule has 2 fully saturated rings. The van der Waals surface area contributed by atoms with E-state index in [4.69, 9.17) is 0 Å². The number of imide groups is 1. The minimum Gasteiger partial charge on any atom is -0.339 e. The number of nitrogens with one attached hydrogen (secondary N) is 1. The van der Waals surface area contributed by atoms with E-state index in [9.17, 15) is 14.4 Å². The second-order valence-electron chi connectivity index (χ2n) is 6.76. The van der Waals surface area contributed by atoms with Crippen molar-refractivity contribution in [2.45, 2.75) is 51.1 Å². The van der Waals surface area contributed by atoms with E-state index in [2.05, 4.69) is 10.3 Å². The van der Waals surface area contributed by atoms with E-state index in [1.54, 1.807) is 17.4 Å². The number of urea groups is 1. The molecule has 1 N–H and O–H groups in total. The van der Waals surface area contributed by atoms with Crippen molar-refractivity contribution >= 4 is 17.8 Å². The number of carbonyl (C=O) groups excluding carboxylic acids is 3. The van der Waals surface area contributed by atoms with Crippen LogP contribution in [0.2, 0.25) is 0 Å². The Bertz CT molecular complexity index is 653. The standard InChI is InChI=1S/C17H25N5O3/c1-3-17(4-2)15(24)22(16(25)19-17)11-14(23)20-8-5-6-13(10-20)21-9-7-18-12-21/h7,9,12-13H,3-6,8,10-11H2,1-2H3,(H,19,25)/t13-/m1/s1. The SMILES string of the molecule is CCC1(CC)NC(=O)N(CC(=O)N2CCC[C@@H](n3ccnc3)C2)C1=O. The molecule has 8 heteroatoms. The molecule has 3 heterocycles. The van der Waals surface area contributed by atoms with Crippen molar-refractivity contribution in [3.63, 3.8) is 0 Å². The number of rotatable bonds is 5. The molecule has 0 unspecified atom stereocenters. The van der Waals surface area contributed by atoms with E-state index >= 15 is 0 Å². The summed E-state index contributed by atoms with van der Waals surface area (Å²) in [5.74, 6) is -0.477. The van der Waals surface area contributed by atoms with Gasteiger partial charge in [-0.2, -0.15) is 0 Å². The summed E-state index contributed by atoms with van der Waals surface area (Å²) in [5.41, 5.74) is -0.862. The van der Waals surface area contributed by atoms with Crippen molar-refractivity contribution in [2.75, 3.05) is 19.6 Å². The molecule has 2 aliphatic heterocycles. The van der Waals surface area contributed by atoms with E-state index in [0.717, 1.165) is 17.7 Å². The van der Waals surface area contributed by atoms with Crippen LogP contribution in [0.4, 0.5) is 4.79 Å². The third-order valence-electron chi connectivity index (χ3n) is 5.44. The van der Waals surface area contributed by atoms with Gasteiger partial charge in [-0.05, 0) is 25.7 Å². The smallest absolute Gasteiger partial charge is 0.325 e. The number of aromatic nitrogens is 2. The molecule has 1 aromatic rings. The molecule has 0 saturated carbocycles. The lowest BCUT2D eigenvalue weighted by Crippen LogP contribution is -2.48. The predicted molar refractivity (Wildman–Crippen MR) is 90.6 cm³/mol. The summed E-state index contributed by atoms with van der Waals surface area (Å²) in [6.45, 7) is 4.77. The molecule has 0 spiro atoms. The average molecular weight is 347 g/mol. The first kappa shape index (κ1) is 17.4. The lowest BCUT2D eigenvalue weighted by atomic mass is 9.93. The summed E-state index contributed by atoms with van der Waals surface area (Å²) < 4.78 is 2.01. The number of likely N-dealkylation sites (tertiary alicyclic amines) is 1. The maximum atomic E-state index is 12.7. The number of piperidine rings is 1. The van der Waals surface area contributed by atoms with Crippen LogP contribution in [0.5, 0.6) is 0 Å². The zero-order chi connectivity index (χ0) is 18.0. The van der Waals surface area contributed by atoms with Gasteiger partial charge in [-0.15, -0.1) is 0 Å². The zero-order valence-electron chi connectivity index (χ0n) is 14.8. The fraction of sp³-hybridized carbons (Fsp3) is 0.647. The number of nitrogens with zero attached hydrogens (tertiary/aromatic N) is 4. The van der Waals surface area contributed by atoms with Crippen molar-refractivity contribution in [3.8, 4) is 0 Å². The van der Waals surface area contributed by atoms with Crippen LogP contribution < -0.4 is 5.32 Å². The summed E-state index contributed by atoms with van der Waals surface area (Å²) in [5, 5.41) is 2.76. The van der Waals surface area contributed by atoms with Gasteiger partial charge in [-0.25, -0.2) is 9.78 Å². The van der Waals surface area contributed by atoms with Gasteiger partial charge >= 0.3 is 6.03 Å². The maximum absolute atomic E-state index is 12.7. The highest BCUT2D eigenvalue weighted by Crippen LogP contribution is 2.26. The van der Waals surface area contributed by atoms with Gasteiger partial charge in [0.05, 0.1) is 12.4 Å². The molecular weight excluding hydrogens is 322 g/mol. The first-order chi connectivity index (χ1) is 12.0. The fourth-order valence-corrected chi connectivity index (χ4v) is 3.69. The highest BCUT2D eigenvalue weighted by atomic mass is 16.2. The molecule has 1 aromatic heterocycles. The Morgan fingerprint density at radius 1 is 1.36 bits per heavy atom. The molecular formula is C17H25N5O3. The Balaban J connectivity index is 1.66. The first-order valence-corrected chi connectivity index (χ1v) is 8.90. The summed E-state index contributed by atoms with van der Waals surface area (Å²) >= 11 is 0. The van der Waals surface area contributed by atoms with Gasteiger partial charge in [0.15, 0.2) is 0 Å². The second kappa shape index (κ2) is 6.85. The highest BCUT2D eigenvalue weighted by Gasteiger charge is 2.49. The van der Waals surface area contributed by atoms with Gasteiger partial charge in [0.25, 0.3) is 5.91 Å². The Kier molecular flexibility index (Phi) is 4.78. The van der Waals surface area contributed by atoms with E-state index in [0.29, 0.717) is 25.9 Å². The zero-order valence-corrected chi connectivity index (χ0v) is 14.8. The van der Waals surface area contributed by atoms with Crippen molar-refractivity contribution < 1.29 is 14.4 Å². The Labute approximate surface area is 147 Å². The Morgan fingerprint density at radius 3 is 2.72 bits per heavy atom. The molecule has 3 rings (SSSR count). The lowest BCUT2D eigenvalue weighted by Gasteiger charge is -2.34. The van der Waals surface area contributed by atoms with Gasteiger partial charge in [-0.3, -0.25) is 14.5 Å². The lowest BCUT2D eigenvalue weighted by molar-refractivity contribution is -0.140. The van der Waals surface area contributed by atoms with Crippen LogP contribution >= 0.6 is 0 Å². The van der Waals surface area contributed by atoms with E-state index < -0.39 is 11.6 Å². The van der Waals surface area contributed by atoms with Gasteiger partial charge in [-0.1, -0.05) is 13.8 Å². The van der Waals surface area contributed by atoms with E-state index in [-0.39, 0.29) is 24.4 Å². The Hall–Kier alpha value is -2.38. The minimum absolute atomic E-state index is 0.184. The molecule has 0 aromatic carbocycles. The molecule has 25 heavy (non-hydrogen) atoms. The van der Waals surface area contributed by atoms with Crippen molar-refractivity contribution in [2.24, 2.45) is 0 Å². The van der Waals surface area contributed by atoms with Gasteiger partial charge in [0.1, 0.15) is 12.1 Å². The second-order valence-corrected chi connectivity index (χ2v) is 6.76. The highest BCUT2D eigenvalue weighted by molar-refractivity contribution is 6.08. The Morgan fingerprint density at radius 2 is 2.12 bits per heavy atom. The summed E-state index contributed by atoms with van der Waals surface area (Å²) in [6, 6.07) is -0.279. The average Bonchev–Trinajstić information content (AvgIpc) is 3.25. The normalized spacial score (nSPS) is 23.0. The topological polar surface area (TPSA) is 87.5 Å². The van der Waals surface area contributed by atoms with E-state index in [1.165, 1.54) is 0 Å². The summed E-state index contributed by atoms with van der Waals surface area (Å²) in [7, 11) is 0. The fourth-order valence-electron chi connectivity index (χ4n) is 3.69. The molecule has 4 amide bonds. The predicted octanol–water partition coefficient (Wildman–Crippen LogP) is 1.16. The maximum Gasteiger partial charge on any atom is 0.325 e. The third-order valence-corrected chi connectivity index (χ3v) is 5.44. The third kappa shape index (κ3) is 3.12. The van der Waals surface area contributed by atoms with Crippen molar-refractivity contribution in [3.05, 3.63) is 18.7 Å². The first-order valence-electron chi connectivity index (χ1n) is 8.90. The number of hydrogen-bond acceptors (Lipinski definition) is 4. The van der Waals surface area contributed by atoms with Crippen LogP contribution in [-0.2, 0) is 9.59 Å². The van der Waals surface area contributed by atoms with Crippen LogP contribution in [0.25, 0.3) is 0 Å². The monoisotopic (exact) mass is 347 g/mol. The molecule has 2 aliphatic rings. The van der Waals surface area contributed by atoms with E-state index in [1.807, 2.05) is 24.6 Å². The van der Waals surface area contributed by atoms with Crippen LogP contribution in [0.15, 0.2) is 18.7 Å². The van der Waals surface area contributed by atoms with Crippen LogP contribution in [0.3, 0.4) is 0 Å². The van der Waals surface area contributed by atoms with Crippen LogP contribution in [0.1, 0.15) is 45.6 Å². The number of imidazole rings is 1. The van der Waals surface area contributed by atoms with Gasteiger partial charge in [0, 0.05) is 25.5 Å². The van der Waals surface area contributed by atoms with Crippen LogP contribution in [0, 0.1) is 0 Å². The molecule has 0 bridgehead atoms. The molecule has 0 radical (unpaired) electrons. The number of amides is 4. The molecule has 0 aliphatic carbocycles. The molecule has 136 valence electrons. The molecule has 2 saturated heterocycles. The van der Waals surface area contributed by atoms with Gasteiger partial charge < -0.3 is 14.8 Å². The van der Waals surface area contributed by atoms with Crippen molar-refractivity contribution in [1.29, 1.82) is 0 Å². The summed E-state index contributed by atoms with van der Waals surface area (Å²) in [6.07, 6.45) is 8.29. The number of carbonyl (C=O) groups is 3. The minimum atomic E-state index is -0.862. The number of hydrogen-bond donors (Lipinski definition) is 1. The van der Waals surface area contributed by atoms with Gasteiger partial charge in [0.2, 0.25) is 5.91 Å². The van der Waals surface area contributed by atoms with Crippen molar-refractivity contribution in [1.82, 2.24) is 24.7 Å². The largest absolute Gasteiger partial charge is 0.339 e. The molecule has 8 nitrogen and oxygen atoms in total. The quantitative estimate of drug-likeness (QED) is 0.810. The molecule has 1 atom stereocenters.